The Morgan fingerprint density at radius 1 is 1.12 bits per heavy atom. The number of amidine groups is 1. The Morgan fingerprint density at radius 3 is 2.48 bits per heavy atom. The lowest BCUT2D eigenvalue weighted by Gasteiger charge is -2.25. The number of anilines is 1. The molecule has 0 bridgehead atoms. The summed E-state index contributed by atoms with van der Waals surface area (Å²) in [4.78, 5) is 20.3. The summed E-state index contributed by atoms with van der Waals surface area (Å²) in [6.07, 6.45) is 5.77. The molecule has 272 valence electrons. The van der Waals surface area contributed by atoms with Crippen molar-refractivity contribution in [3.8, 4) is 11.1 Å². The van der Waals surface area contributed by atoms with Crippen molar-refractivity contribution in [1.29, 1.82) is 0 Å². The highest BCUT2D eigenvalue weighted by Crippen LogP contribution is 2.41. The van der Waals surface area contributed by atoms with Gasteiger partial charge in [0, 0.05) is 39.3 Å². The number of methoxy groups -OCH3 is 1. The number of halogens is 2. The number of amides is 1. The number of hydrogen-bond donors (Lipinski definition) is 0. The van der Waals surface area contributed by atoms with Crippen LogP contribution in [0.5, 0.6) is 0 Å². The molecule has 0 radical (unpaired) electrons. The molecule has 14 heteroatoms. The topological polar surface area (TPSA) is 115 Å². The Labute approximate surface area is 301 Å². The van der Waals surface area contributed by atoms with Crippen molar-refractivity contribution in [2.45, 2.75) is 108 Å². The SMILES string of the molecule is CCCCC1=NC2(CCCC2)C(=O)N1Cc1cc(COC)c(-c2ccccc2S(=O)(=O)N(COCC[Si](C)(C)C)c2noc(C)c2Cl)cc1F. The van der Waals surface area contributed by atoms with Crippen LogP contribution in [-0.2, 0) is 37.4 Å². The molecule has 5 rings (SSSR count). The van der Waals surface area contributed by atoms with Crippen LogP contribution in [0, 0.1) is 12.7 Å². The first-order valence-corrected chi connectivity index (χ1v) is 22.8. The van der Waals surface area contributed by atoms with Gasteiger partial charge in [-0.15, -0.1) is 0 Å². The maximum absolute atomic E-state index is 16.3. The average Bonchev–Trinajstić information content (AvgIpc) is 3.75. The van der Waals surface area contributed by atoms with Crippen LogP contribution >= 0.6 is 11.6 Å². The van der Waals surface area contributed by atoms with Crippen LogP contribution in [-0.4, -0.2) is 64.3 Å². The van der Waals surface area contributed by atoms with Crippen LogP contribution in [0.3, 0.4) is 0 Å². The van der Waals surface area contributed by atoms with Crippen LogP contribution in [0.1, 0.15) is 68.8 Å². The number of carbonyl (C=O) groups excluding carboxylic acids is 1. The summed E-state index contributed by atoms with van der Waals surface area (Å²) in [5.74, 6) is 0.241. The van der Waals surface area contributed by atoms with Gasteiger partial charge in [-0.2, -0.15) is 0 Å². The maximum atomic E-state index is 16.3. The smallest absolute Gasteiger partial charge is 0.268 e. The lowest BCUT2D eigenvalue weighted by molar-refractivity contribution is -0.131. The number of hydrogen-bond acceptors (Lipinski definition) is 8. The van der Waals surface area contributed by atoms with Gasteiger partial charge in [-0.3, -0.25) is 14.7 Å². The minimum Gasteiger partial charge on any atom is -0.380 e. The van der Waals surface area contributed by atoms with E-state index in [9.17, 15) is 13.2 Å². The highest BCUT2D eigenvalue weighted by Gasteiger charge is 2.49. The molecule has 1 aliphatic heterocycles. The van der Waals surface area contributed by atoms with Crippen LogP contribution in [0.4, 0.5) is 10.2 Å². The Hall–Kier alpha value is -3.10. The van der Waals surface area contributed by atoms with Gasteiger partial charge in [0.2, 0.25) is 5.82 Å². The number of rotatable bonds is 16. The Morgan fingerprint density at radius 2 is 1.84 bits per heavy atom. The third-order valence-corrected chi connectivity index (χ3v) is 13.3. The van der Waals surface area contributed by atoms with E-state index in [0.29, 0.717) is 48.4 Å². The predicted octanol–water partition coefficient (Wildman–Crippen LogP) is 8.34. The molecule has 1 amide bonds. The highest BCUT2D eigenvalue weighted by molar-refractivity contribution is 7.93. The zero-order valence-corrected chi connectivity index (χ0v) is 32.4. The van der Waals surface area contributed by atoms with Gasteiger partial charge >= 0.3 is 0 Å². The molecule has 0 N–H and O–H groups in total. The molecule has 50 heavy (non-hydrogen) atoms. The average molecular weight is 747 g/mol. The monoisotopic (exact) mass is 746 g/mol. The number of carbonyl (C=O) groups is 1. The molecular weight excluding hydrogens is 699 g/mol. The molecule has 1 spiro atoms. The van der Waals surface area contributed by atoms with Gasteiger partial charge in [0.1, 0.15) is 28.9 Å². The first-order valence-electron chi connectivity index (χ1n) is 17.2. The van der Waals surface area contributed by atoms with Crippen LogP contribution in [0.15, 0.2) is 50.8 Å². The van der Waals surface area contributed by atoms with Gasteiger partial charge in [0.15, 0.2) is 5.76 Å². The zero-order valence-electron chi connectivity index (χ0n) is 29.9. The van der Waals surface area contributed by atoms with E-state index in [1.807, 2.05) is 0 Å². The third kappa shape index (κ3) is 8.01. The summed E-state index contributed by atoms with van der Waals surface area (Å²) in [6, 6.07) is 10.2. The Balaban J connectivity index is 1.53. The minimum atomic E-state index is -4.39. The summed E-state index contributed by atoms with van der Waals surface area (Å²) < 4.78 is 63.0. The van der Waals surface area contributed by atoms with E-state index in [4.69, 9.17) is 30.6 Å². The maximum Gasteiger partial charge on any atom is 0.268 e. The fourth-order valence-electron chi connectivity index (χ4n) is 6.49. The van der Waals surface area contributed by atoms with E-state index >= 15 is 4.39 Å². The fourth-order valence-corrected chi connectivity index (χ4v) is 8.98. The molecule has 1 aromatic heterocycles. The number of unbranched alkanes of at least 4 members (excludes halogenated alkanes) is 1. The van der Waals surface area contributed by atoms with E-state index < -0.39 is 29.5 Å². The molecule has 10 nitrogen and oxygen atoms in total. The summed E-state index contributed by atoms with van der Waals surface area (Å²) >= 11 is 6.49. The van der Waals surface area contributed by atoms with Crippen molar-refractivity contribution < 1.29 is 31.6 Å². The van der Waals surface area contributed by atoms with Gasteiger partial charge in [0.05, 0.1) is 18.0 Å². The molecule has 0 atom stereocenters. The van der Waals surface area contributed by atoms with E-state index in [2.05, 4.69) is 31.7 Å². The fraction of sp³-hybridized carbons (Fsp3) is 0.528. The molecule has 3 aromatic rings. The van der Waals surface area contributed by atoms with Gasteiger partial charge in [-0.05, 0) is 61.6 Å². The Kier molecular flexibility index (Phi) is 11.9. The summed E-state index contributed by atoms with van der Waals surface area (Å²) in [5.41, 5.74) is 0.734. The van der Waals surface area contributed by atoms with Gasteiger partial charge in [-0.25, -0.2) is 17.1 Å². The van der Waals surface area contributed by atoms with Crippen LogP contribution < -0.4 is 4.31 Å². The van der Waals surface area contributed by atoms with E-state index in [0.717, 1.165) is 36.0 Å². The molecule has 0 saturated heterocycles. The minimum absolute atomic E-state index is 0.0262. The second-order valence-electron chi connectivity index (χ2n) is 14.4. The molecule has 0 unspecified atom stereocenters. The van der Waals surface area contributed by atoms with E-state index in [-0.39, 0.29) is 52.8 Å². The number of ether oxygens (including phenoxy) is 2. The van der Waals surface area contributed by atoms with Crippen molar-refractivity contribution in [2.24, 2.45) is 4.99 Å². The molecule has 2 aliphatic rings. The van der Waals surface area contributed by atoms with Crippen molar-refractivity contribution in [1.82, 2.24) is 10.1 Å². The number of nitrogens with zero attached hydrogens (tertiary/aromatic N) is 4. The van der Waals surface area contributed by atoms with Crippen LogP contribution in [0.25, 0.3) is 11.1 Å². The molecule has 1 aliphatic carbocycles. The van der Waals surface area contributed by atoms with Gasteiger partial charge < -0.3 is 14.0 Å². The van der Waals surface area contributed by atoms with Crippen molar-refractivity contribution in [3.05, 3.63) is 64.1 Å². The second-order valence-corrected chi connectivity index (χ2v) is 22.2. The van der Waals surface area contributed by atoms with E-state index in [1.54, 1.807) is 36.1 Å². The number of benzene rings is 2. The molecule has 1 saturated carbocycles. The lowest BCUT2D eigenvalue weighted by atomic mass is 9.96. The second kappa shape index (κ2) is 15.6. The normalized spacial score (nSPS) is 16.1. The van der Waals surface area contributed by atoms with Crippen molar-refractivity contribution >= 4 is 47.3 Å². The van der Waals surface area contributed by atoms with Crippen molar-refractivity contribution in [2.75, 3.05) is 24.8 Å². The number of sulfonamides is 1. The quantitative estimate of drug-likeness (QED) is 0.0823. The van der Waals surface area contributed by atoms with Crippen molar-refractivity contribution in [3.63, 3.8) is 0 Å². The standard InChI is InChI=1S/C36H48ClFN4O6SSi/c1-7-8-15-32-39-36(16-11-12-17-36)35(43)41(32)22-26-20-27(23-46-3)29(21-30(26)38)28-13-9-10-14-31(28)49(44,45)42(24-47-18-19-50(4,5)6)34-33(37)25(2)48-40-34/h9-10,13-14,20-21H,7-8,11-12,15-19,22-24H2,1-6H3. The first-order chi connectivity index (χ1) is 23.7. The predicted molar refractivity (Wildman–Crippen MR) is 196 cm³/mol. The van der Waals surface area contributed by atoms with Gasteiger partial charge in [0.25, 0.3) is 15.9 Å². The van der Waals surface area contributed by atoms with Crippen LogP contribution in [0.2, 0.25) is 30.7 Å². The largest absolute Gasteiger partial charge is 0.380 e. The Bertz CT molecular complexity index is 1840. The number of aliphatic imine (C=N–C) groups is 1. The molecule has 1 fully saturated rings. The number of aryl methyl sites for hydroxylation is 1. The number of aromatic nitrogens is 1. The zero-order chi connectivity index (χ0) is 36.3. The summed E-state index contributed by atoms with van der Waals surface area (Å²) in [6.45, 7) is 10.4. The summed E-state index contributed by atoms with van der Waals surface area (Å²) in [5, 5.41) is 4.01. The lowest BCUT2D eigenvalue weighted by Crippen LogP contribution is -2.40. The van der Waals surface area contributed by atoms with E-state index in [1.165, 1.54) is 19.2 Å². The molecular formula is C36H48ClFN4O6SSi. The molecule has 2 aromatic carbocycles. The van der Waals surface area contributed by atoms with Gasteiger partial charge in [-0.1, -0.05) is 80.8 Å². The highest BCUT2D eigenvalue weighted by atomic mass is 35.5. The summed E-state index contributed by atoms with van der Waals surface area (Å²) in [7, 11) is -4.33. The molecule has 2 heterocycles. The third-order valence-electron chi connectivity index (χ3n) is 9.34. The first kappa shape index (κ1) is 38.1.